The van der Waals surface area contributed by atoms with Gasteiger partial charge in [0, 0.05) is 37.9 Å². The van der Waals surface area contributed by atoms with Gasteiger partial charge in [-0.1, -0.05) is 35.5 Å². The van der Waals surface area contributed by atoms with Crippen LogP contribution in [-0.4, -0.2) is 56.8 Å². The molecule has 0 radical (unpaired) electrons. The molecule has 3 aromatic heterocycles. The van der Waals surface area contributed by atoms with Gasteiger partial charge < -0.3 is 9.53 Å². The summed E-state index contributed by atoms with van der Waals surface area (Å²) in [4.78, 5) is 5.85. The van der Waals surface area contributed by atoms with Crippen LogP contribution in [0.15, 0.2) is 39.6 Å². The van der Waals surface area contributed by atoms with Crippen molar-refractivity contribution in [3.05, 3.63) is 35.9 Å². The molecule has 132 valence electrons. The Morgan fingerprint density at radius 2 is 1.77 bits per heavy atom. The van der Waals surface area contributed by atoms with Gasteiger partial charge in [0.1, 0.15) is 5.65 Å². The van der Waals surface area contributed by atoms with Crippen molar-refractivity contribution in [1.29, 1.82) is 0 Å². The number of hydrogen-bond donors (Lipinski definition) is 0. The molecule has 1 aromatic carbocycles. The summed E-state index contributed by atoms with van der Waals surface area (Å²) < 4.78 is 9.50. The van der Waals surface area contributed by atoms with E-state index < -0.39 is 0 Å². The zero-order chi connectivity index (χ0) is 17.3. The number of aromatic nitrogens is 7. The Balaban J connectivity index is 1.30. The third-order valence-electron chi connectivity index (χ3n) is 4.40. The maximum absolute atomic E-state index is 4.93. The zero-order valence-electron chi connectivity index (χ0n) is 13.8. The van der Waals surface area contributed by atoms with Gasteiger partial charge >= 0.3 is 5.82 Å². The molecule has 0 unspecified atom stereocenters. The minimum atomic E-state index is 0.312. The second kappa shape index (κ2) is 6.19. The summed E-state index contributed by atoms with van der Waals surface area (Å²) >= 11 is 0. The predicted molar refractivity (Wildman–Crippen MR) is 86.2 cm³/mol. The van der Waals surface area contributed by atoms with Gasteiger partial charge in [0.2, 0.25) is 0 Å². The van der Waals surface area contributed by atoms with Crippen LogP contribution in [0.2, 0.25) is 0 Å². The molecule has 11 heteroatoms. The fourth-order valence-electron chi connectivity index (χ4n) is 3.07. The molecular weight excluding hydrogens is 338 g/mol. The summed E-state index contributed by atoms with van der Waals surface area (Å²) in [6.45, 7) is 4.40. The molecule has 0 bridgehead atoms. The zero-order valence-corrected chi connectivity index (χ0v) is 13.8. The number of nitrogens with zero attached hydrogens (tertiary/aromatic N) is 9. The van der Waals surface area contributed by atoms with E-state index in [-0.39, 0.29) is 0 Å². The van der Waals surface area contributed by atoms with Gasteiger partial charge in [-0.25, -0.2) is 0 Å². The van der Waals surface area contributed by atoms with Crippen LogP contribution in [0.4, 0.5) is 5.82 Å². The van der Waals surface area contributed by atoms with E-state index in [4.69, 9.17) is 4.63 Å². The molecule has 1 aliphatic rings. The quantitative estimate of drug-likeness (QED) is 0.447. The van der Waals surface area contributed by atoms with E-state index in [1.54, 1.807) is 0 Å². The first-order chi connectivity index (χ1) is 12.9. The van der Waals surface area contributed by atoms with Gasteiger partial charge in [0.25, 0.3) is 5.82 Å². The molecule has 0 spiro atoms. The fraction of sp³-hybridized carbons (Fsp3) is 0.333. The van der Waals surface area contributed by atoms with E-state index >= 15 is 0 Å². The first kappa shape index (κ1) is 15.0. The molecule has 1 saturated heterocycles. The van der Waals surface area contributed by atoms with Crippen LogP contribution in [0.1, 0.15) is 5.56 Å². The Morgan fingerprint density at radius 1 is 0.962 bits per heavy atom. The number of anilines is 1. The molecule has 1 aliphatic heterocycles. The predicted octanol–water partition coefficient (Wildman–Crippen LogP) is -0.443. The summed E-state index contributed by atoms with van der Waals surface area (Å²) in [5.74, 6) is 1.03. The molecule has 0 atom stereocenters. The number of hydrogen-bond acceptors (Lipinski definition) is 9. The van der Waals surface area contributed by atoms with Crippen molar-refractivity contribution >= 4 is 17.1 Å². The number of benzene rings is 1. The monoisotopic (exact) mass is 353 g/mol. The standard InChI is InChI=1S/C15H15N9O2/c1-2-4-11(5-3-1)10-22-6-8-23(9-7-22)14-15(21-26-20-14)24-16-12-13(17-24)19-25-18-12/h1-5H,6-10H2. The molecule has 4 heterocycles. The lowest BCUT2D eigenvalue weighted by molar-refractivity contribution is -0.719. The third kappa shape index (κ3) is 2.67. The third-order valence-corrected chi connectivity index (χ3v) is 4.40. The van der Waals surface area contributed by atoms with Gasteiger partial charge in [-0.05, 0) is 5.56 Å². The second-order valence-corrected chi connectivity index (χ2v) is 6.06. The van der Waals surface area contributed by atoms with Crippen LogP contribution in [0.3, 0.4) is 0 Å². The van der Waals surface area contributed by atoms with Crippen molar-refractivity contribution in [3.8, 4) is 5.82 Å². The molecular formula is C15H15N9O2. The van der Waals surface area contributed by atoms with Gasteiger partial charge in [0.15, 0.2) is 10.8 Å². The largest absolute Gasteiger partial charge is 0.441 e. The highest BCUT2D eigenvalue weighted by Crippen LogP contribution is 2.18. The van der Waals surface area contributed by atoms with Gasteiger partial charge in [0.05, 0.1) is 0 Å². The van der Waals surface area contributed by atoms with E-state index in [9.17, 15) is 0 Å². The average molecular weight is 353 g/mol. The first-order valence-corrected chi connectivity index (χ1v) is 8.26. The fourth-order valence-corrected chi connectivity index (χ4v) is 3.07. The Bertz CT molecular complexity index is 972. The smallest absolute Gasteiger partial charge is 0.344 e. The minimum absolute atomic E-state index is 0.312. The summed E-state index contributed by atoms with van der Waals surface area (Å²) in [5, 5.41) is 23.7. The molecule has 0 saturated carbocycles. The molecule has 26 heavy (non-hydrogen) atoms. The summed E-state index contributed by atoms with van der Waals surface area (Å²) in [5.41, 5.74) is 1.94. The van der Waals surface area contributed by atoms with Gasteiger partial charge in [-0.3, -0.25) is 4.90 Å². The number of piperazine rings is 1. The highest BCUT2D eigenvalue weighted by molar-refractivity contribution is 5.60. The topological polar surface area (TPSA) is 115 Å². The normalized spacial score (nSPS) is 15.8. The SMILES string of the molecule is c1ccc(CN2CCN(c3nonc3-[n+]3nc4nonc4[n-]3)CC2)cc1. The Morgan fingerprint density at radius 3 is 2.58 bits per heavy atom. The number of fused-ring (bicyclic) bond motifs is 1. The average Bonchev–Trinajstić information content (AvgIpc) is 3.39. The molecule has 11 nitrogen and oxygen atoms in total. The van der Waals surface area contributed by atoms with Crippen LogP contribution >= 0.6 is 0 Å². The Labute approximate surface area is 147 Å². The Kier molecular flexibility index (Phi) is 3.56. The first-order valence-electron chi connectivity index (χ1n) is 8.26. The molecule has 0 amide bonds. The van der Waals surface area contributed by atoms with Crippen LogP contribution in [0.25, 0.3) is 17.1 Å². The molecule has 0 aliphatic carbocycles. The van der Waals surface area contributed by atoms with Crippen molar-refractivity contribution < 1.29 is 14.1 Å². The van der Waals surface area contributed by atoms with E-state index in [0.29, 0.717) is 22.9 Å². The van der Waals surface area contributed by atoms with Gasteiger partial charge in [-0.2, -0.15) is 15.4 Å². The second-order valence-electron chi connectivity index (χ2n) is 6.06. The van der Waals surface area contributed by atoms with Crippen molar-refractivity contribution in [2.24, 2.45) is 0 Å². The van der Waals surface area contributed by atoms with E-state index in [1.807, 2.05) is 6.07 Å². The van der Waals surface area contributed by atoms with Crippen LogP contribution in [0, 0.1) is 0 Å². The highest BCUT2D eigenvalue weighted by atomic mass is 16.6. The maximum atomic E-state index is 4.93. The van der Waals surface area contributed by atoms with E-state index in [0.717, 1.165) is 32.7 Å². The number of rotatable bonds is 4. The maximum Gasteiger partial charge on any atom is 0.441 e. The van der Waals surface area contributed by atoms with Gasteiger partial charge in [-0.15, -0.1) is 9.43 Å². The van der Waals surface area contributed by atoms with Crippen molar-refractivity contribution in [2.45, 2.75) is 6.54 Å². The Hall–Kier alpha value is -3.34. The minimum Gasteiger partial charge on any atom is -0.344 e. The molecule has 5 rings (SSSR count). The van der Waals surface area contributed by atoms with Crippen LogP contribution in [0.5, 0.6) is 0 Å². The molecule has 4 aromatic rings. The highest BCUT2D eigenvalue weighted by Gasteiger charge is 2.30. The van der Waals surface area contributed by atoms with E-state index in [1.165, 1.54) is 10.4 Å². The van der Waals surface area contributed by atoms with Crippen LogP contribution in [-0.2, 0) is 6.54 Å². The van der Waals surface area contributed by atoms with Crippen molar-refractivity contribution in [1.82, 2.24) is 35.7 Å². The summed E-state index contributed by atoms with van der Waals surface area (Å²) in [6, 6.07) is 10.5. The summed E-state index contributed by atoms with van der Waals surface area (Å²) in [6.07, 6.45) is 0. The van der Waals surface area contributed by atoms with Crippen molar-refractivity contribution in [2.75, 3.05) is 31.1 Å². The lowest BCUT2D eigenvalue weighted by Gasteiger charge is -2.33. The lowest BCUT2D eigenvalue weighted by atomic mass is 10.2. The van der Waals surface area contributed by atoms with E-state index in [2.05, 4.69) is 69.5 Å². The molecule has 1 fully saturated rings. The van der Waals surface area contributed by atoms with Crippen LogP contribution < -0.4 is 14.8 Å². The molecule has 0 N–H and O–H groups in total. The lowest BCUT2D eigenvalue weighted by Crippen LogP contribution is -2.48. The summed E-state index contributed by atoms with van der Waals surface area (Å²) in [7, 11) is 0. The van der Waals surface area contributed by atoms with Crippen molar-refractivity contribution in [3.63, 3.8) is 0 Å².